The number of hydrogen-bond acceptors (Lipinski definition) is 10. The van der Waals surface area contributed by atoms with Crippen LogP contribution in [-0.2, 0) is 0 Å². The molecule has 4 aromatic heterocycles. The number of anilines is 2. The Morgan fingerprint density at radius 3 is 1.40 bits per heavy atom. The number of likely N-dealkylation sites (N-methyl/N-ethyl adjacent to an activating group) is 2. The van der Waals surface area contributed by atoms with Gasteiger partial charge >= 0.3 is 0 Å². The summed E-state index contributed by atoms with van der Waals surface area (Å²) >= 11 is 0. The van der Waals surface area contributed by atoms with Gasteiger partial charge in [0.05, 0.1) is 22.4 Å². The van der Waals surface area contributed by atoms with Gasteiger partial charge in [0, 0.05) is 36.0 Å². The van der Waals surface area contributed by atoms with Crippen LogP contribution in [0.15, 0.2) is 97.1 Å². The number of carbonyl (C=O) groups excluding carboxylic acids is 2. The molecular weight excluding hydrogens is 632 g/mol. The molecule has 0 bridgehead atoms. The SMILES string of the molecule is CN(C)CCOc1cc(NC(=O)c2cccc(-c3cccc(C(=O)Nc4cc(OCCN(C)C)c5ccccc5n4)n3)n2)nc2ccccc12. The fraction of sp³-hybridized carbons (Fsp3) is 0.211. The van der Waals surface area contributed by atoms with Crippen LogP contribution < -0.4 is 20.1 Å². The van der Waals surface area contributed by atoms with Crippen molar-refractivity contribution in [1.82, 2.24) is 29.7 Å². The van der Waals surface area contributed by atoms with Crippen molar-refractivity contribution in [3.63, 3.8) is 0 Å². The predicted molar refractivity (Wildman–Crippen MR) is 195 cm³/mol. The number of ether oxygens (including phenoxy) is 2. The molecule has 50 heavy (non-hydrogen) atoms. The van der Waals surface area contributed by atoms with Gasteiger partial charge in [-0.3, -0.25) is 9.59 Å². The molecule has 0 radical (unpaired) electrons. The number of fused-ring (bicyclic) bond motifs is 2. The van der Waals surface area contributed by atoms with Gasteiger partial charge in [-0.05, 0) is 76.7 Å². The maximum atomic E-state index is 13.4. The van der Waals surface area contributed by atoms with Gasteiger partial charge in [-0.15, -0.1) is 0 Å². The molecule has 0 aliphatic heterocycles. The summed E-state index contributed by atoms with van der Waals surface area (Å²) in [6.07, 6.45) is 0. The topological polar surface area (TPSA) is 135 Å². The van der Waals surface area contributed by atoms with Gasteiger partial charge in [-0.25, -0.2) is 19.9 Å². The highest BCUT2D eigenvalue weighted by molar-refractivity contribution is 6.04. The first kappa shape index (κ1) is 33.9. The highest BCUT2D eigenvalue weighted by Crippen LogP contribution is 2.29. The van der Waals surface area contributed by atoms with Gasteiger partial charge in [-0.1, -0.05) is 36.4 Å². The first-order chi connectivity index (χ1) is 24.2. The minimum absolute atomic E-state index is 0.159. The Kier molecular flexibility index (Phi) is 10.5. The van der Waals surface area contributed by atoms with Crippen molar-refractivity contribution in [1.29, 1.82) is 0 Å². The maximum Gasteiger partial charge on any atom is 0.275 e. The van der Waals surface area contributed by atoms with Crippen LogP contribution in [0.25, 0.3) is 33.2 Å². The second kappa shape index (κ2) is 15.5. The largest absolute Gasteiger partial charge is 0.491 e. The molecule has 0 saturated heterocycles. The van der Waals surface area contributed by atoms with Crippen LogP contribution in [0, 0.1) is 0 Å². The number of aromatic nitrogens is 4. The normalized spacial score (nSPS) is 11.2. The summed E-state index contributed by atoms with van der Waals surface area (Å²) in [7, 11) is 7.91. The molecule has 0 aliphatic rings. The fourth-order valence-corrected chi connectivity index (χ4v) is 5.10. The number of hydrogen-bond donors (Lipinski definition) is 2. The van der Waals surface area contributed by atoms with Crippen molar-refractivity contribution in [2.75, 3.05) is 65.1 Å². The molecule has 254 valence electrons. The molecule has 2 N–H and O–H groups in total. The van der Waals surface area contributed by atoms with Gasteiger partial charge in [0.2, 0.25) is 0 Å². The number of amides is 2. The number of para-hydroxylation sites is 2. The summed E-state index contributed by atoms with van der Waals surface area (Å²) in [4.78, 5) is 49.2. The molecule has 12 nitrogen and oxygen atoms in total. The van der Waals surface area contributed by atoms with E-state index in [0.717, 1.165) is 23.9 Å². The van der Waals surface area contributed by atoms with E-state index in [4.69, 9.17) is 9.47 Å². The van der Waals surface area contributed by atoms with E-state index in [1.54, 1.807) is 48.5 Å². The smallest absolute Gasteiger partial charge is 0.275 e. The predicted octanol–water partition coefficient (Wildman–Crippen LogP) is 5.63. The standard InChI is InChI=1S/C38H38N8O4/c1-45(2)19-21-49-33-23-35(41-27-13-7-5-11-25(27)33)43-37(47)31-17-9-15-29(39-31)30-16-10-18-32(40-30)38(48)44-36-24-34(50-22-20-46(3)4)26-12-6-8-14-28(26)42-36/h5-18,23-24H,19-22H2,1-4H3,(H,41,43,47)(H,42,44,48). The van der Waals surface area contributed by atoms with Crippen LogP contribution in [0.2, 0.25) is 0 Å². The molecule has 2 amide bonds. The zero-order valence-corrected chi connectivity index (χ0v) is 28.4. The molecule has 4 heterocycles. The van der Waals surface area contributed by atoms with E-state index in [2.05, 4.69) is 30.6 Å². The average Bonchev–Trinajstić information content (AvgIpc) is 3.11. The molecule has 6 aromatic rings. The van der Waals surface area contributed by atoms with E-state index in [-0.39, 0.29) is 11.4 Å². The first-order valence-electron chi connectivity index (χ1n) is 16.2. The van der Waals surface area contributed by atoms with Gasteiger partial charge in [0.15, 0.2) is 0 Å². The van der Waals surface area contributed by atoms with Crippen molar-refractivity contribution >= 4 is 45.3 Å². The Morgan fingerprint density at radius 1 is 0.560 bits per heavy atom. The summed E-state index contributed by atoms with van der Waals surface area (Å²) in [6.45, 7) is 2.43. The van der Waals surface area contributed by atoms with E-state index in [0.29, 0.717) is 58.8 Å². The second-order valence-electron chi connectivity index (χ2n) is 12.1. The Balaban J connectivity index is 1.19. The quantitative estimate of drug-likeness (QED) is 0.159. The number of nitrogens with zero attached hydrogens (tertiary/aromatic N) is 6. The van der Waals surface area contributed by atoms with Crippen LogP contribution in [0.3, 0.4) is 0 Å². The van der Waals surface area contributed by atoms with Gasteiger partial charge in [0.1, 0.15) is 47.7 Å². The lowest BCUT2D eigenvalue weighted by molar-refractivity contribution is 0.101. The van der Waals surface area contributed by atoms with E-state index in [9.17, 15) is 9.59 Å². The highest BCUT2D eigenvalue weighted by atomic mass is 16.5. The lowest BCUT2D eigenvalue weighted by Crippen LogP contribution is -2.20. The van der Waals surface area contributed by atoms with E-state index >= 15 is 0 Å². The number of benzene rings is 2. The molecule has 0 saturated carbocycles. The van der Waals surface area contributed by atoms with Crippen molar-refractivity contribution in [3.05, 3.63) is 108 Å². The van der Waals surface area contributed by atoms with Crippen LogP contribution in [0.1, 0.15) is 21.0 Å². The van der Waals surface area contributed by atoms with Crippen LogP contribution in [-0.4, -0.2) is 96.0 Å². The van der Waals surface area contributed by atoms with Crippen LogP contribution >= 0.6 is 0 Å². The average molecular weight is 671 g/mol. The number of pyridine rings is 4. The minimum Gasteiger partial charge on any atom is -0.491 e. The lowest BCUT2D eigenvalue weighted by atomic mass is 10.2. The Morgan fingerprint density at radius 2 is 0.980 bits per heavy atom. The zero-order chi connectivity index (χ0) is 35.0. The summed E-state index contributed by atoms with van der Waals surface area (Å²) < 4.78 is 12.1. The third-order valence-electron chi connectivity index (χ3n) is 7.66. The molecule has 0 atom stereocenters. The van der Waals surface area contributed by atoms with Gasteiger partial charge < -0.3 is 29.9 Å². The number of nitrogens with one attached hydrogen (secondary N) is 2. The van der Waals surface area contributed by atoms with Crippen molar-refractivity contribution < 1.29 is 19.1 Å². The summed E-state index contributed by atoms with van der Waals surface area (Å²) in [5.74, 6) is 1.03. The maximum absolute atomic E-state index is 13.4. The van der Waals surface area contributed by atoms with Crippen molar-refractivity contribution in [3.8, 4) is 22.9 Å². The molecular formula is C38H38N8O4. The van der Waals surface area contributed by atoms with Gasteiger partial charge in [-0.2, -0.15) is 0 Å². The Labute approximate surface area is 290 Å². The molecule has 0 spiro atoms. The monoisotopic (exact) mass is 670 g/mol. The molecule has 0 fully saturated rings. The number of carbonyl (C=O) groups is 2. The van der Waals surface area contributed by atoms with E-state index in [1.165, 1.54) is 0 Å². The van der Waals surface area contributed by atoms with Crippen molar-refractivity contribution in [2.24, 2.45) is 0 Å². The molecule has 0 unspecified atom stereocenters. The molecule has 6 rings (SSSR count). The fourth-order valence-electron chi connectivity index (χ4n) is 5.10. The third kappa shape index (κ3) is 8.35. The molecule has 12 heteroatoms. The minimum atomic E-state index is -0.450. The lowest BCUT2D eigenvalue weighted by Gasteiger charge is -2.14. The Bertz CT molecular complexity index is 2000. The third-order valence-corrected chi connectivity index (χ3v) is 7.66. The van der Waals surface area contributed by atoms with Crippen LogP contribution in [0.4, 0.5) is 11.6 Å². The molecule has 0 aliphatic carbocycles. The van der Waals surface area contributed by atoms with Gasteiger partial charge in [0.25, 0.3) is 11.8 Å². The second-order valence-corrected chi connectivity index (χ2v) is 12.1. The molecule has 2 aromatic carbocycles. The number of rotatable bonds is 13. The van der Waals surface area contributed by atoms with E-state index in [1.807, 2.05) is 86.5 Å². The van der Waals surface area contributed by atoms with Crippen LogP contribution in [0.5, 0.6) is 11.5 Å². The van der Waals surface area contributed by atoms with Crippen molar-refractivity contribution in [2.45, 2.75) is 0 Å². The summed E-state index contributed by atoms with van der Waals surface area (Å²) in [6, 6.07) is 28.7. The Hall–Kier alpha value is -5.98. The first-order valence-corrected chi connectivity index (χ1v) is 16.2. The summed E-state index contributed by atoms with van der Waals surface area (Å²) in [5, 5.41) is 7.41. The zero-order valence-electron chi connectivity index (χ0n) is 28.4. The van der Waals surface area contributed by atoms with E-state index < -0.39 is 11.8 Å². The highest BCUT2D eigenvalue weighted by Gasteiger charge is 2.16. The summed E-state index contributed by atoms with van der Waals surface area (Å²) in [5.41, 5.74) is 2.55.